The molecule has 8 heteroatoms. The van der Waals surface area contributed by atoms with E-state index in [0.717, 1.165) is 72.3 Å². The molecule has 3 aliphatic rings. The summed E-state index contributed by atoms with van der Waals surface area (Å²) in [6.07, 6.45) is 5.14. The van der Waals surface area contributed by atoms with Crippen LogP contribution in [-0.4, -0.2) is 43.8 Å². The van der Waals surface area contributed by atoms with Crippen molar-refractivity contribution in [1.29, 1.82) is 0 Å². The third-order valence-corrected chi connectivity index (χ3v) is 8.54. The summed E-state index contributed by atoms with van der Waals surface area (Å²) in [5.74, 6) is 0.958. The van der Waals surface area contributed by atoms with E-state index in [9.17, 15) is 9.59 Å². The Bertz CT molecular complexity index is 1290. The van der Waals surface area contributed by atoms with Crippen molar-refractivity contribution in [2.45, 2.75) is 57.5 Å². The topological polar surface area (TPSA) is 65.1 Å². The number of carbonyl (C=O) groups excluding carboxylic acids is 2. The molecular formula is C31H33BrClNO5. The minimum atomic E-state index is -0.412. The second-order valence-corrected chi connectivity index (χ2v) is 11.4. The molecule has 0 unspecified atom stereocenters. The van der Waals surface area contributed by atoms with Crippen LogP contribution in [0.5, 0.6) is 11.5 Å². The van der Waals surface area contributed by atoms with Crippen molar-refractivity contribution in [3.63, 3.8) is 0 Å². The third kappa shape index (κ3) is 5.67. The number of hydrogen-bond acceptors (Lipinski definition) is 6. The quantitative estimate of drug-likeness (QED) is 0.280. The van der Waals surface area contributed by atoms with Crippen molar-refractivity contribution in [2.24, 2.45) is 0 Å². The maximum atomic E-state index is 13.5. The maximum absolute atomic E-state index is 13.5. The summed E-state index contributed by atoms with van der Waals surface area (Å²) in [5.41, 5.74) is 5.49. The Balaban J connectivity index is 1.57. The summed E-state index contributed by atoms with van der Waals surface area (Å²) in [7, 11) is 3.30. The lowest BCUT2D eigenvalue weighted by molar-refractivity contribution is -0.117. The highest BCUT2D eigenvalue weighted by Gasteiger charge is 2.43. The summed E-state index contributed by atoms with van der Waals surface area (Å²) in [6, 6.07) is 11.4. The van der Waals surface area contributed by atoms with E-state index in [1.807, 2.05) is 36.4 Å². The van der Waals surface area contributed by atoms with Crippen LogP contribution in [0.2, 0.25) is 5.02 Å². The van der Waals surface area contributed by atoms with Crippen LogP contribution >= 0.6 is 27.5 Å². The average molecular weight is 615 g/mol. The summed E-state index contributed by atoms with van der Waals surface area (Å²) >= 11 is 9.72. The van der Waals surface area contributed by atoms with Crippen LogP contribution < -0.4 is 9.47 Å². The lowest BCUT2D eigenvalue weighted by atomic mass is 9.71. The third-order valence-electron chi connectivity index (χ3n) is 7.70. The number of rotatable bonds is 9. The van der Waals surface area contributed by atoms with Crippen molar-refractivity contribution in [1.82, 2.24) is 4.90 Å². The van der Waals surface area contributed by atoms with Crippen LogP contribution in [0.1, 0.15) is 62.0 Å². The van der Waals surface area contributed by atoms with E-state index in [2.05, 4.69) is 20.8 Å². The number of methoxy groups -OCH3 is 2. The predicted octanol–water partition coefficient (Wildman–Crippen LogP) is 7.14. The molecule has 1 aliphatic heterocycles. The Labute approximate surface area is 243 Å². The van der Waals surface area contributed by atoms with Gasteiger partial charge in [0.15, 0.2) is 23.1 Å². The molecule has 206 valence electrons. The fourth-order valence-electron chi connectivity index (χ4n) is 5.97. The molecule has 2 aromatic rings. The van der Waals surface area contributed by atoms with Crippen LogP contribution in [0.4, 0.5) is 0 Å². The fraction of sp³-hybridized carbons (Fsp3) is 0.419. The van der Waals surface area contributed by atoms with Gasteiger partial charge < -0.3 is 19.1 Å². The SMILES string of the molecule is COCCCN1C2=C(C(=O)CCC2)C(c2cc(Br)c(OCc3ccc(Cl)cc3)c(OC)c2)C2=C1CCCC2=O. The van der Waals surface area contributed by atoms with E-state index in [4.69, 9.17) is 25.8 Å². The van der Waals surface area contributed by atoms with Gasteiger partial charge in [0, 0.05) is 66.6 Å². The molecule has 0 fully saturated rings. The summed E-state index contributed by atoms with van der Waals surface area (Å²) < 4.78 is 18.0. The van der Waals surface area contributed by atoms with Gasteiger partial charge >= 0.3 is 0 Å². The summed E-state index contributed by atoms with van der Waals surface area (Å²) in [4.78, 5) is 29.3. The number of nitrogens with zero attached hydrogens (tertiary/aromatic N) is 1. The van der Waals surface area contributed by atoms with E-state index in [1.165, 1.54) is 0 Å². The first-order chi connectivity index (χ1) is 18.9. The fourth-order valence-corrected chi connectivity index (χ4v) is 6.67. The molecule has 0 atom stereocenters. The van der Waals surface area contributed by atoms with Gasteiger partial charge in [-0.15, -0.1) is 0 Å². The number of hydrogen-bond donors (Lipinski definition) is 0. The number of Topliss-reactive ketones (excluding diaryl/α,β-unsaturated/α-hetero) is 2. The Hall–Kier alpha value is -2.61. The van der Waals surface area contributed by atoms with Crippen LogP contribution in [0.25, 0.3) is 0 Å². The van der Waals surface area contributed by atoms with Gasteiger partial charge in [-0.2, -0.15) is 0 Å². The van der Waals surface area contributed by atoms with Gasteiger partial charge in [-0.1, -0.05) is 23.7 Å². The minimum absolute atomic E-state index is 0.126. The van der Waals surface area contributed by atoms with Crippen molar-refractivity contribution in [3.05, 3.63) is 79.6 Å². The van der Waals surface area contributed by atoms with Gasteiger partial charge in [-0.25, -0.2) is 0 Å². The molecule has 0 spiro atoms. The normalized spacial score (nSPS) is 17.9. The molecular weight excluding hydrogens is 582 g/mol. The van der Waals surface area contributed by atoms with Gasteiger partial charge in [-0.3, -0.25) is 9.59 Å². The minimum Gasteiger partial charge on any atom is -0.493 e. The first kappa shape index (κ1) is 27.9. The molecule has 0 amide bonds. The molecule has 0 bridgehead atoms. The predicted molar refractivity (Wildman–Crippen MR) is 154 cm³/mol. The standard InChI is InChI=1S/C31H33BrClNO5/c1-37-15-5-14-34-23-6-3-8-25(35)29(23)28(30-24(34)7-4-9-26(30)36)20-16-22(32)31(27(17-20)38-2)39-18-19-10-12-21(33)13-11-19/h10-13,16-17,28H,3-9,14-15,18H2,1-2H3. The summed E-state index contributed by atoms with van der Waals surface area (Å²) in [5, 5.41) is 0.670. The molecule has 5 rings (SSSR count). The lowest BCUT2D eigenvalue weighted by Crippen LogP contribution is -2.39. The zero-order chi connectivity index (χ0) is 27.5. The highest BCUT2D eigenvalue weighted by Crippen LogP contribution is 2.51. The molecule has 2 aliphatic carbocycles. The van der Waals surface area contributed by atoms with E-state index in [1.54, 1.807) is 14.2 Å². The molecule has 39 heavy (non-hydrogen) atoms. The first-order valence-corrected chi connectivity index (χ1v) is 14.6. The van der Waals surface area contributed by atoms with Crippen molar-refractivity contribution in [2.75, 3.05) is 27.4 Å². The molecule has 0 radical (unpaired) electrons. The summed E-state index contributed by atoms with van der Waals surface area (Å²) in [6.45, 7) is 1.71. The van der Waals surface area contributed by atoms with Gasteiger partial charge in [0.05, 0.1) is 11.6 Å². The number of ketones is 2. The highest BCUT2D eigenvalue weighted by molar-refractivity contribution is 9.10. The van der Waals surface area contributed by atoms with Gasteiger partial charge in [0.25, 0.3) is 0 Å². The second-order valence-electron chi connectivity index (χ2n) is 10.2. The molecule has 0 saturated heterocycles. The average Bonchev–Trinajstić information content (AvgIpc) is 2.93. The molecule has 0 N–H and O–H groups in total. The van der Waals surface area contributed by atoms with Crippen molar-refractivity contribution in [3.8, 4) is 11.5 Å². The lowest BCUT2D eigenvalue weighted by Gasteiger charge is -2.44. The zero-order valence-electron chi connectivity index (χ0n) is 22.4. The van der Waals surface area contributed by atoms with E-state index in [0.29, 0.717) is 47.0 Å². The molecule has 0 aromatic heterocycles. The van der Waals surface area contributed by atoms with E-state index >= 15 is 0 Å². The number of allylic oxidation sites excluding steroid dienone is 4. The Morgan fingerprint density at radius 1 is 0.949 bits per heavy atom. The maximum Gasteiger partial charge on any atom is 0.175 e. The van der Waals surface area contributed by atoms with Crippen LogP contribution in [0.15, 0.2) is 63.4 Å². The van der Waals surface area contributed by atoms with Gasteiger partial charge in [0.2, 0.25) is 0 Å². The van der Waals surface area contributed by atoms with E-state index < -0.39 is 5.92 Å². The van der Waals surface area contributed by atoms with Crippen LogP contribution in [-0.2, 0) is 20.9 Å². The van der Waals surface area contributed by atoms with Crippen LogP contribution in [0.3, 0.4) is 0 Å². The Morgan fingerprint density at radius 3 is 2.18 bits per heavy atom. The molecule has 2 aromatic carbocycles. The second kappa shape index (κ2) is 12.3. The monoisotopic (exact) mass is 613 g/mol. The first-order valence-electron chi connectivity index (χ1n) is 13.5. The van der Waals surface area contributed by atoms with Gasteiger partial charge in [-0.05, 0) is 83.4 Å². The largest absolute Gasteiger partial charge is 0.493 e. The van der Waals surface area contributed by atoms with Crippen molar-refractivity contribution < 1.29 is 23.8 Å². The number of halogens is 2. The van der Waals surface area contributed by atoms with Gasteiger partial charge in [0.1, 0.15) is 6.61 Å². The smallest absolute Gasteiger partial charge is 0.175 e. The Morgan fingerprint density at radius 2 is 1.59 bits per heavy atom. The van der Waals surface area contributed by atoms with E-state index in [-0.39, 0.29) is 11.6 Å². The number of ether oxygens (including phenoxy) is 3. The van der Waals surface area contributed by atoms with Crippen LogP contribution in [0, 0.1) is 0 Å². The van der Waals surface area contributed by atoms with Crippen molar-refractivity contribution >= 4 is 39.1 Å². The highest BCUT2D eigenvalue weighted by atomic mass is 79.9. The Kier molecular flexibility index (Phi) is 8.79. The molecule has 0 saturated carbocycles. The zero-order valence-corrected chi connectivity index (χ0v) is 24.7. The molecule has 6 nitrogen and oxygen atoms in total. The molecule has 1 heterocycles. The number of carbonyl (C=O) groups is 2. The number of benzene rings is 2.